The molecule has 0 radical (unpaired) electrons. The molecule has 0 aliphatic rings. The van der Waals surface area contributed by atoms with Gasteiger partial charge in [0.1, 0.15) is 0 Å². The molecule has 1 N–H and O–H groups in total. The number of rotatable bonds is 7. The second-order valence-corrected chi connectivity index (χ2v) is 7.32. The third kappa shape index (κ3) is 4.68. The molecule has 118 valence electrons. The van der Waals surface area contributed by atoms with Crippen LogP contribution in [0.3, 0.4) is 0 Å². The zero-order valence-electron chi connectivity index (χ0n) is 13.1. The van der Waals surface area contributed by atoms with E-state index in [2.05, 4.69) is 11.6 Å². The van der Waals surface area contributed by atoms with Crippen LogP contribution < -0.4 is 4.72 Å². The molecule has 2 aromatic rings. The van der Waals surface area contributed by atoms with E-state index in [1.54, 1.807) is 12.1 Å². The van der Waals surface area contributed by atoms with Crippen LogP contribution in [0.1, 0.15) is 30.9 Å². The molecule has 0 bridgehead atoms. The van der Waals surface area contributed by atoms with E-state index in [1.807, 2.05) is 49.4 Å². The molecule has 1 atom stereocenters. The first-order valence-corrected chi connectivity index (χ1v) is 9.12. The fourth-order valence-electron chi connectivity index (χ4n) is 2.45. The molecule has 3 nitrogen and oxygen atoms in total. The van der Waals surface area contributed by atoms with Crippen molar-refractivity contribution in [1.29, 1.82) is 0 Å². The quantitative estimate of drug-likeness (QED) is 0.846. The average molecular weight is 317 g/mol. The minimum atomic E-state index is -3.47. The van der Waals surface area contributed by atoms with Gasteiger partial charge in [-0.05, 0) is 37.5 Å². The van der Waals surface area contributed by atoms with Crippen molar-refractivity contribution >= 4 is 10.0 Å². The molecule has 2 rings (SSSR count). The van der Waals surface area contributed by atoms with Gasteiger partial charge in [0.15, 0.2) is 0 Å². The average Bonchev–Trinajstić information content (AvgIpc) is 2.48. The van der Waals surface area contributed by atoms with Gasteiger partial charge in [0.05, 0.1) is 4.90 Å². The smallest absolute Gasteiger partial charge is 0.208 e. The van der Waals surface area contributed by atoms with E-state index in [1.165, 1.54) is 0 Å². The number of benzene rings is 2. The highest BCUT2D eigenvalue weighted by molar-refractivity contribution is 7.89. The first-order chi connectivity index (χ1) is 10.5. The van der Waals surface area contributed by atoms with Crippen LogP contribution >= 0.6 is 0 Å². The first kappa shape index (κ1) is 16.7. The van der Waals surface area contributed by atoms with Crippen LogP contribution in [-0.4, -0.2) is 14.5 Å². The Hall–Kier alpha value is -1.65. The molecule has 0 saturated carbocycles. The lowest BCUT2D eigenvalue weighted by Crippen LogP contribution is -2.36. The summed E-state index contributed by atoms with van der Waals surface area (Å²) in [4.78, 5) is 0.326. The Morgan fingerprint density at radius 3 is 2.23 bits per heavy atom. The van der Waals surface area contributed by atoms with E-state index in [0.717, 1.165) is 24.0 Å². The highest BCUT2D eigenvalue weighted by Gasteiger charge is 2.19. The van der Waals surface area contributed by atoms with Gasteiger partial charge in [0, 0.05) is 6.04 Å². The van der Waals surface area contributed by atoms with Crippen molar-refractivity contribution in [2.45, 2.75) is 44.0 Å². The summed E-state index contributed by atoms with van der Waals surface area (Å²) >= 11 is 0. The summed E-state index contributed by atoms with van der Waals surface area (Å²) in [5, 5.41) is 0. The Morgan fingerprint density at radius 1 is 1.00 bits per heavy atom. The van der Waals surface area contributed by atoms with Gasteiger partial charge in [-0.25, -0.2) is 13.1 Å². The Morgan fingerprint density at radius 2 is 1.64 bits per heavy atom. The van der Waals surface area contributed by atoms with Crippen molar-refractivity contribution in [2.24, 2.45) is 0 Å². The molecule has 0 unspecified atom stereocenters. The predicted molar refractivity (Wildman–Crippen MR) is 90.3 cm³/mol. The van der Waals surface area contributed by atoms with Gasteiger partial charge in [-0.15, -0.1) is 0 Å². The van der Waals surface area contributed by atoms with Crippen LogP contribution in [0, 0.1) is 6.92 Å². The number of sulfonamides is 1. The fourth-order valence-corrected chi connectivity index (χ4v) is 3.73. The zero-order valence-corrected chi connectivity index (χ0v) is 13.9. The lowest BCUT2D eigenvalue weighted by atomic mass is 10.0. The second kappa shape index (κ2) is 7.56. The topological polar surface area (TPSA) is 46.2 Å². The summed E-state index contributed by atoms with van der Waals surface area (Å²) in [5.41, 5.74) is 2.20. The van der Waals surface area contributed by atoms with E-state index in [-0.39, 0.29) is 6.04 Å². The summed E-state index contributed by atoms with van der Waals surface area (Å²) in [6, 6.07) is 16.9. The van der Waals surface area contributed by atoms with Gasteiger partial charge in [-0.1, -0.05) is 61.4 Å². The number of aryl methyl sites for hydroxylation is 1. The Balaban J connectivity index is 2.14. The monoisotopic (exact) mass is 317 g/mol. The molecule has 0 fully saturated rings. The van der Waals surface area contributed by atoms with E-state index < -0.39 is 10.0 Å². The summed E-state index contributed by atoms with van der Waals surface area (Å²) in [5.74, 6) is 0. The summed E-state index contributed by atoms with van der Waals surface area (Å²) in [6.07, 6.45) is 2.47. The number of hydrogen-bond donors (Lipinski definition) is 1. The minimum absolute atomic E-state index is 0.0845. The summed E-state index contributed by atoms with van der Waals surface area (Å²) in [7, 11) is -3.47. The fraction of sp³-hybridized carbons (Fsp3) is 0.333. The molecule has 4 heteroatoms. The first-order valence-electron chi connectivity index (χ1n) is 7.64. The van der Waals surface area contributed by atoms with E-state index in [9.17, 15) is 8.42 Å². The van der Waals surface area contributed by atoms with Gasteiger partial charge >= 0.3 is 0 Å². The predicted octanol–water partition coefficient (Wildman–Crippen LogP) is 3.68. The molecule has 2 aromatic carbocycles. The molecule has 0 amide bonds. The molecular formula is C18H23NO2S. The number of nitrogens with one attached hydrogen (secondary N) is 1. The molecule has 0 aromatic heterocycles. The van der Waals surface area contributed by atoms with Gasteiger partial charge in [-0.3, -0.25) is 0 Å². The molecule has 0 spiro atoms. The third-order valence-corrected chi connectivity index (χ3v) is 5.15. The second-order valence-electron chi connectivity index (χ2n) is 5.61. The van der Waals surface area contributed by atoms with Crippen molar-refractivity contribution in [3.63, 3.8) is 0 Å². The van der Waals surface area contributed by atoms with Crippen LogP contribution in [-0.2, 0) is 16.4 Å². The Kier molecular flexibility index (Phi) is 5.75. The lowest BCUT2D eigenvalue weighted by molar-refractivity contribution is 0.520. The molecule has 0 saturated heterocycles. The highest BCUT2D eigenvalue weighted by atomic mass is 32.2. The van der Waals surface area contributed by atoms with E-state index in [4.69, 9.17) is 0 Å². The van der Waals surface area contributed by atoms with Crippen molar-refractivity contribution in [1.82, 2.24) is 4.72 Å². The normalized spacial score (nSPS) is 13.0. The van der Waals surface area contributed by atoms with Gasteiger partial charge in [0.2, 0.25) is 10.0 Å². The molecule has 22 heavy (non-hydrogen) atoms. The van der Waals surface area contributed by atoms with Crippen molar-refractivity contribution < 1.29 is 8.42 Å². The third-order valence-electron chi connectivity index (χ3n) is 3.62. The highest BCUT2D eigenvalue weighted by Crippen LogP contribution is 2.14. The van der Waals surface area contributed by atoms with Crippen molar-refractivity contribution in [2.75, 3.05) is 0 Å². The Bertz CT molecular complexity index is 679. The molecule has 0 aliphatic heterocycles. The minimum Gasteiger partial charge on any atom is -0.208 e. The lowest BCUT2D eigenvalue weighted by Gasteiger charge is -2.18. The van der Waals surface area contributed by atoms with Crippen LogP contribution in [0.2, 0.25) is 0 Å². The zero-order chi connectivity index (χ0) is 16.0. The van der Waals surface area contributed by atoms with Crippen LogP contribution in [0.4, 0.5) is 0 Å². The van der Waals surface area contributed by atoms with Crippen LogP contribution in [0.5, 0.6) is 0 Å². The van der Waals surface area contributed by atoms with E-state index >= 15 is 0 Å². The molecular weight excluding hydrogens is 294 g/mol. The van der Waals surface area contributed by atoms with Gasteiger partial charge < -0.3 is 0 Å². The number of hydrogen-bond acceptors (Lipinski definition) is 2. The molecule has 0 aliphatic carbocycles. The largest absolute Gasteiger partial charge is 0.240 e. The van der Waals surface area contributed by atoms with Gasteiger partial charge in [0.25, 0.3) is 0 Å². The van der Waals surface area contributed by atoms with Crippen molar-refractivity contribution in [3.05, 3.63) is 65.7 Å². The van der Waals surface area contributed by atoms with Crippen LogP contribution in [0.15, 0.2) is 59.5 Å². The SMILES string of the molecule is CCC[C@@H](Cc1ccccc1)NS(=O)(=O)c1ccc(C)cc1. The maximum Gasteiger partial charge on any atom is 0.240 e. The summed E-state index contributed by atoms with van der Waals surface area (Å²) in [6.45, 7) is 4.01. The molecule has 0 heterocycles. The van der Waals surface area contributed by atoms with E-state index in [0.29, 0.717) is 11.3 Å². The van der Waals surface area contributed by atoms with Gasteiger partial charge in [-0.2, -0.15) is 0 Å². The Labute approximate surface area is 133 Å². The standard InChI is InChI=1S/C18H23NO2S/c1-3-7-17(14-16-8-5-4-6-9-16)19-22(20,21)18-12-10-15(2)11-13-18/h4-6,8-13,17,19H,3,7,14H2,1-2H3/t17-/m0/s1. The maximum absolute atomic E-state index is 12.5. The summed E-state index contributed by atoms with van der Waals surface area (Å²) < 4.78 is 27.9. The van der Waals surface area contributed by atoms with Crippen molar-refractivity contribution in [3.8, 4) is 0 Å². The van der Waals surface area contributed by atoms with Crippen LogP contribution in [0.25, 0.3) is 0 Å². The maximum atomic E-state index is 12.5.